The Morgan fingerprint density at radius 3 is 2.26 bits per heavy atom. The van der Waals surface area contributed by atoms with Crippen molar-refractivity contribution in [2.24, 2.45) is 0 Å². The summed E-state index contributed by atoms with van der Waals surface area (Å²) in [5, 5.41) is 6.76. The van der Waals surface area contributed by atoms with Gasteiger partial charge in [0.2, 0.25) is 15.9 Å². The van der Waals surface area contributed by atoms with Gasteiger partial charge in [-0.2, -0.15) is 9.40 Å². The van der Waals surface area contributed by atoms with Crippen molar-refractivity contribution >= 4 is 32.6 Å². The minimum absolute atomic E-state index is 0.0123. The number of H-pyrrole nitrogens is 1. The predicted molar refractivity (Wildman–Crippen MR) is 130 cm³/mol. The Balaban J connectivity index is 1.31. The smallest absolute Gasteiger partial charge is 0.273 e. The zero-order chi connectivity index (χ0) is 24.8. The van der Waals surface area contributed by atoms with Crippen LogP contribution in [0, 0.1) is 0 Å². The number of nitrogens with zero attached hydrogens (tertiary/aromatic N) is 2. The molecule has 0 saturated carbocycles. The van der Waals surface area contributed by atoms with E-state index in [1.54, 1.807) is 52.8 Å². The van der Waals surface area contributed by atoms with Crippen molar-refractivity contribution in [3.05, 3.63) is 70.1 Å². The van der Waals surface area contributed by atoms with Crippen LogP contribution in [0.3, 0.4) is 0 Å². The molecule has 2 amide bonds. The van der Waals surface area contributed by atoms with Crippen molar-refractivity contribution in [1.29, 1.82) is 0 Å². The van der Waals surface area contributed by atoms with Gasteiger partial charge in [0.1, 0.15) is 0 Å². The van der Waals surface area contributed by atoms with E-state index in [1.807, 2.05) is 0 Å². The molecule has 4 rings (SSSR count). The van der Waals surface area contributed by atoms with Crippen molar-refractivity contribution in [2.75, 3.05) is 13.1 Å². The number of sulfonamides is 1. The van der Waals surface area contributed by atoms with E-state index in [4.69, 9.17) is 0 Å². The number of rotatable bonds is 6. The maximum atomic E-state index is 12.9. The van der Waals surface area contributed by atoms with Crippen LogP contribution in [-0.2, 0) is 21.2 Å². The Labute approximate surface area is 202 Å². The summed E-state index contributed by atoms with van der Waals surface area (Å²) in [4.78, 5) is 36.8. The molecule has 2 aromatic carbocycles. The average molecular weight is 498 g/mol. The van der Waals surface area contributed by atoms with Gasteiger partial charge in [-0.05, 0) is 43.0 Å². The van der Waals surface area contributed by atoms with Crippen LogP contribution in [-0.4, -0.2) is 47.8 Å². The first-order valence-corrected chi connectivity index (χ1v) is 13.0. The molecular formula is C24H27N5O5S. The molecule has 1 aliphatic rings. The number of carbonyl (C=O) groups is 2. The molecule has 0 spiro atoms. The Morgan fingerprint density at radius 2 is 1.57 bits per heavy atom. The van der Waals surface area contributed by atoms with Gasteiger partial charge in [0.25, 0.3) is 11.5 Å². The molecule has 0 unspecified atom stereocenters. The Kier molecular flexibility index (Phi) is 7.57. The first-order chi connectivity index (χ1) is 16.9. The van der Waals surface area contributed by atoms with Gasteiger partial charge in [-0.25, -0.2) is 13.5 Å². The Morgan fingerprint density at radius 1 is 0.914 bits per heavy atom. The molecule has 0 atom stereocenters. The van der Waals surface area contributed by atoms with Crippen LogP contribution in [0.15, 0.2) is 58.2 Å². The second-order valence-corrected chi connectivity index (χ2v) is 10.3. The van der Waals surface area contributed by atoms with E-state index in [0.29, 0.717) is 30.3 Å². The van der Waals surface area contributed by atoms with E-state index in [-0.39, 0.29) is 17.0 Å². The highest BCUT2D eigenvalue weighted by Crippen LogP contribution is 2.21. The highest BCUT2D eigenvalue weighted by molar-refractivity contribution is 7.89. The highest BCUT2D eigenvalue weighted by Gasteiger charge is 2.25. The van der Waals surface area contributed by atoms with Gasteiger partial charge in [-0.1, -0.05) is 43.2 Å². The monoisotopic (exact) mass is 497 g/mol. The maximum absolute atomic E-state index is 12.9. The average Bonchev–Trinajstić information content (AvgIpc) is 3.17. The van der Waals surface area contributed by atoms with Crippen molar-refractivity contribution in [3.63, 3.8) is 0 Å². The number of aromatic amines is 1. The number of hydrogen-bond acceptors (Lipinski definition) is 6. The van der Waals surface area contributed by atoms with Crippen LogP contribution in [0.25, 0.3) is 10.8 Å². The predicted octanol–water partition coefficient (Wildman–Crippen LogP) is 1.88. The fourth-order valence-electron chi connectivity index (χ4n) is 4.05. The lowest BCUT2D eigenvalue weighted by Gasteiger charge is -2.20. The van der Waals surface area contributed by atoms with E-state index in [9.17, 15) is 22.8 Å². The first-order valence-electron chi connectivity index (χ1n) is 11.5. The molecule has 1 saturated heterocycles. The van der Waals surface area contributed by atoms with Gasteiger partial charge in [0, 0.05) is 24.9 Å². The SMILES string of the molecule is O=C(CCc1ccc(S(=O)(=O)N2CCCCCC2)cc1)NNC(=O)c1n[nH]c(=O)c2ccccc12. The third-order valence-corrected chi connectivity index (χ3v) is 7.91. The minimum atomic E-state index is -3.52. The number of nitrogens with one attached hydrogen (secondary N) is 3. The largest absolute Gasteiger partial charge is 0.290 e. The van der Waals surface area contributed by atoms with E-state index in [0.717, 1.165) is 31.2 Å². The zero-order valence-corrected chi connectivity index (χ0v) is 19.9. The molecule has 1 fully saturated rings. The van der Waals surface area contributed by atoms with Crippen molar-refractivity contribution < 1.29 is 18.0 Å². The van der Waals surface area contributed by atoms with Gasteiger partial charge >= 0.3 is 0 Å². The van der Waals surface area contributed by atoms with E-state index < -0.39 is 27.4 Å². The van der Waals surface area contributed by atoms with E-state index in [2.05, 4.69) is 21.0 Å². The lowest BCUT2D eigenvalue weighted by molar-refractivity contribution is -0.121. The number of carbonyl (C=O) groups excluding carboxylic acids is 2. The second-order valence-electron chi connectivity index (χ2n) is 8.41. The highest BCUT2D eigenvalue weighted by atomic mass is 32.2. The van der Waals surface area contributed by atoms with Crippen LogP contribution in [0.4, 0.5) is 0 Å². The summed E-state index contributed by atoms with van der Waals surface area (Å²) in [5.41, 5.74) is 5.03. The summed E-state index contributed by atoms with van der Waals surface area (Å²) in [6, 6.07) is 13.1. The fourth-order valence-corrected chi connectivity index (χ4v) is 5.57. The number of aryl methyl sites for hydroxylation is 1. The van der Waals surface area contributed by atoms with Gasteiger partial charge in [0.15, 0.2) is 5.69 Å². The van der Waals surface area contributed by atoms with Gasteiger partial charge in [-0.3, -0.25) is 25.2 Å². The molecule has 2 heterocycles. The molecule has 184 valence electrons. The molecule has 3 N–H and O–H groups in total. The summed E-state index contributed by atoms with van der Waals surface area (Å²) in [5.74, 6) is -1.08. The summed E-state index contributed by atoms with van der Waals surface area (Å²) >= 11 is 0. The number of benzene rings is 2. The third kappa shape index (κ3) is 5.75. The fraction of sp³-hybridized carbons (Fsp3) is 0.333. The molecule has 0 radical (unpaired) electrons. The summed E-state index contributed by atoms with van der Waals surface area (Å²) in [6.45, 7) is 1.08. The van der Waals surface area contributed by atoms with Crippen LogP contribution in [0.5, 0.6) is 0 Å². The molecule has 11 heteroatoms. The molecule has 10 nitrogen and oxygen atoms in total. The lowest BCUT2D eigenvalue weighted by Crippen LogP contribution is -2.42. The van der Waals surface area contributed by atoms with Gasteiger partial charge in [-0.15, -0.1) is 0 Å². The van der Waals surface area contributed by atoms with Gasteiger partial charge in [0.05, 0.1) is 10.3 Å². The topological polar surface area (TPSA) is 141 Å². The third-order valence-electron chi connectivity index (χ3n) is 5.99. The second kappa shape index (κ2) is 10.8. The standard InChI is InChI=1S/C24H27N5O5S/c30-21(25-28-24(32)22-19-7-3-4-8-20(19)23(31)27-26-22)14-11-17-9-12-18(13-10-17)35(33,34)29-15-5-1-2-6-16-29/h3-4,7-10,12-13H,1-2,5-6,11,14-16H2,(H,25,30)(H,27,31)(H,28,32). The van der Waals surface area contributed by atoms with Crippen molar-refractivity contribution in [3.8, 4) is 0 Å². The number of fused-ring (bicyclic) bond motifs is 1. The zero-order valence-electron chi connectivity index (χ0n) is 19.1. The van der Waals surface area contributed by atoms with E-state index >= 15 is 0 Å². The molecule has 35 heavy (non-hydrogen) atoms. The molecule has 3 aromatic rings. The molecule has 0 bridgehead atoms. The van der Waals surface area contributed by atoms with Crippen LogP contribution < -0.4 is 16.4 Å². The van der Waals surface area contributed by atoms with Crippen molar-refractivity contribution in [2.45, 2.75) is 43.4 Å². The number of hydrazine groups is 1. The first kappa shape index (κ1) is 24.6. The lowest BCUT2D eigenvalue weighted by atomic mass is 10.1. The van der Waals surface area contributed by atoms with Crippen molar-refractivity contribution in [1.82, 2.24) is 25.4 Å². The van der Waals surface area contributed by atoms with Crippen LogP contribution in [0.1, 0.15) is 48.2 Å². The number of aromatic nitrogens is 2. The summed E-state index contributed by atoms with van der Waals surface area (Å²) in [7, 11) is -3.52. The molecular weight excluding hydrogens is 470 g/mol. The number of amides is 2. The maximum Gasteiger partial charge on any atom is 0.290 e. The van der Waals surface area contributed by atoms with Gasteiger partial charge < -0.3 is 0 Å². The molecule has 1 aliphatic heterocycles. The summed E-state index contributed by atoms with van der Waals surface area (Å²) < 4.78 is 27.3. The number of hydrogen-bond donors (Lipinski definition) is 3. The van der Waals surface area contributed by atoms with E-state index in [1.165, 1.54) is 0 Å². The van der Waals surface area contributed by atoms with Crippen LogP contribution >= 0.6 is 0 Å². The summed E-state index contributed by atoms with van der Waals surface area (Å²) in [6.07, 6.45) is 4.29. The normalized spacial score (nSPS) is 14.9. The molecule has 0 aliphatic carbocycles. The Hall–Kier alpha value is -3.57. The minimum Gasteiger partial charge on any atom is -0.273 e. The quantitative estimate of drug-likeness (QED) is 0.444. The molecule has 1 aromatic heterocycles. The van der Waals surface area contributed by atoms with Crippen LogP contribution in [0.2, 0.25) is 0 Å². The Bertz CT molecular complexity index is 1380.